The fourth-order valence-corrected chi connectivity index (χ4v) is 3.94. The van der Waals surface area contributed by atoms with Gasteiger partial charge in [-0.3, -0.25) is 14.5 Å². The zero-order valence-electron chi connectivity index (χ0n) is 19.2. The number of aromatic nitrogens is 2. The van der Waals surface area contributed by atoms with E-state index in [-0.39, 0.29) is 35.9 Å². The van der Waals surface area contributed by atoms with Crippen LogP contribution in [-0.2, 0) is 31.4 Å². The Morgan fingerprint density at radius 1 is 1.23 bits per heavy atom. The molecule has 1 saturated heterocycles. The Bertz CT molecular complexity index is 906. The molecule has 0 aliphatic carbocycles. The lowest BCUT2D eigenvalue weighted by molar-refractivity contribution is -0.128. The standard InChI is InChI=1S/C23H34N6O.HI/c1-16(13-21-17(2)27-28(5)18(21)3)26-23(24-4)25-14-19-8-10-20(11-9-19)15-29-12-6-7-22(29)30;/h8-11,16H,6-7,12-15H2,1-5H3,(H2,24,25,26);1H. The van der Waals surface area contributed by atoms with E-state index >= 15 is 0 Å². The Kier molecular flexibility index (Phi) is 9.33. The summed E-state index contributed by atoms with van der Waals surface area (Å²) in [4.78, 5) is 18.1. The Labute approximate surface area is 202 Å². The SMILES string of the molecule is CN=C(NCc1ccc(CN2CCCC2=O)cc1)NC(C)Cc1c(C)nn(C)c1C.I. The Balaban J connectivity index is 0.00000341. The van der Waals surface area contributed by atoms with Gasteiger partial charge in [0.15, 0.2) is 5.96 Å². The number of hydrogen-bond donors (Lipinski definition) is 2. The van der Waals surface area contributed by atoms with Crippen LogP contribution in [0.5, 0.6) is 0 Å². The van der Waals surface area contributed by atoms with Crippen molar-refractivity contribution in [3.8, 4) is 0 Å². The number of aryl methyl sites for hydroxylation is 2. The van der Waals surface area contributed by atoms with E-state index in [1.807, 2.05) is 16.6 Å². The van der Waals surface area contributed by atoms with Crippen LogP contribution < -0.4 is 10.6 Å². The first-order valence-corrected chi connectivity index (χ1v) is 10.7. The minimum absolute atomic E-state index is 0. The second-order valence-corrected chi connectivity index (χ2v) is 8.18. The van der Waals surface area contributed by atoms with E-state index in [0.29, 0.717) is 19.5 Å². The van der Waals surface area contributed by atoms with Gasteiger partial charge >= 0.3 is 0 Å². The number of guanidine groups is 1. The van der Waals surface area contributed by atoms with E-state index in [4.69, 9.17) is 0 Å². The number of nitrogens with one attached hydrogen (secondary N) is 2. The first-order valence-electron chi connectivity index (χ1n) is 10.7. The van der Waals surface area contributed by atoms with Crippen LogP contribution in [0.15, 0.2) is 29.3 Å². The van der Waals surface area contributed by atoms with Gasteiger partial charge in [-0.15, -0.1) is 24.0 Å². The third-order valence-electron chi connectivity index (χ3n) is 5.80. The average Bonchev–Trinajstić information content (AvgIpc) is 3.23. The van der Waals surface area contributed by atoms with Crippen LogP contribution in [0, 0.1) is 13.8 Å². The topological polar surface area (TPSA) is 74.6 Å². The van der Waals surface area contributed by atoms with Crippen molar-refractivity contribution >= 4 is 35.8 Å². The number of halogens is 1. The highest BCUT2D eigenvalue weighted by Crippen LogP contribution is 2.15. The van der Waals surface area contributed by atoms with Crippen molar-refractivity contribution in [2.45, 2.75) is 59.2 Å². The van der Waals surface area contributed by atoms with Crippen LogP contribution in [-0.4, -0.2) is 46.2 Å². The molecule has 1 aliphatic heterocycles. The van der Waals surface area contributed by atoms with Crippen molar-refractivity contribution in [2.24, 2.45) is 12.0 Å². The zero-order valence-corrected chi connectivity index (χ0v) is 21.6. The second-order valence-electron chi connectivity index (χ2n) is 8.18. The molecule has 3 rings (SSSR count). The number of nitrogens with zero attached hydrogens (tertiary/aromatic N) is 4. The van der Waals surface area contributed by atoms with E-state index in [1.54, 1.807) is 7.05 Å². The number of likely N-dealkylation sites (tertiary alicyclic amines) is 1. The van der Waals surface area contributed by atoms with Gasteiger partial charge in [0.1, 0.15) is 0 Å². The van der Waals surface area contributed by atoms with Crippen LogP contribution >= 0.6 is 24.0 Å². The lowest BCUT2D eigenvalue weighted by atomic mass is 10.1. The van der Waals surface area contributed by atoms with Gasteiger partial charge in [-0.2, -0.15) is 5.10 Å². The number of hydrogen-bond acceptors (Lipinski definition) is 3. The van der Waals surface area contributed by atoms with E-state index in [9.17, 15) is 4.79 Å². The summed E-state index contributed by atoms with van der Waals surface area (Å²) in [5, 5.41) is 11.4. The van der Waals surface area contributed by atoms with E-state index in [2.05, 4.69) is 65.8 Å². The lowest BCUT2D eigenvalue weighted by Gasteiger charge is -2.19. The Morgan fingerprint density at radius 3 is 2.45 bits per heavy atom. The maximum atomic E-state index is 11.8. The molecule has 0 radical (unpaired) electrons. The van der Waals surface area contributed by atoms with Gasteiger partial charge < -0.3 is 15.5 Å². The molecule has 1 atom stereocenters. The molecule has 0 saturated carbocycles. The molecule has 1 unspecified atom stereocenters. The molecule has 2 aromatic rings. The number of amides is 1. The molecule has 1 aromatic heterocycles. The molecule has 1 aliphatic rings. The normalized spacial score (nSPS) is 15.1. The molecule has 0 spiro atoms. The van der Waals surface area contributed by atoms with Crippen LogP contribution in [0.4, 0.5) is 0 Å². The number of aliphatic imine (C=N–C) groups is 1. The monoisotopic (exact) mass is 538 g/mol. The van der Waals surface area contributed by atoms with Crippen LogP contribution in [0.3, 0.4) is 0 Å². The maximum absolute atomic E-state index is 11.8. The van der Waals surface area contributed by atoms with Crippen LogP contribution in [0.1, 0.15) is 47.8 Å². The summed E-state index contributed by atoms with van der Waals surface area (Å²) < 4.78 is 1.94. The minimum Gasteiger partial charge on any atom is -0.354 e. The summed E-state index contributed by atoms with van der Waals surface area (Å²) in [6.45, 7) is 8.61. The molecule has 8 heteroatoms. The third kappa shape index (κ3) is 6.69. The summed E-state index contributed by atoms with van der Waals surface area (Å²) in [6, 6.07) is 8.67. The van der Waals surface area contributed by atoms with Crippen molar-refractivity contribution < 1.29 is 4.79 Å². The first kappa shape index (κ1) is 25.2. The van der Waals surface area contributed by atoms with Gasteiger partial charge in [-0.25, -0.2) is 0 Å². The minimum atomic E-state index is 0. The molecule has 1 aromatic carbocycles. The van der Waals surface area contributed by atoms with Crippen molar-refractivity contribution in [2.75, 3.05) is 13.6 Å². The number of carbonyl (C=O) groups excluding carboxylic acids is 1. The smallest absolute Gasteiger partial charge is 0.222 e. The molecule has 7 nitrogen and oxygen atoms in total. The van der Waals surface area contributed by atoms with E-state index in [0.717, 1.165) is 31.0 Å². The van der Waals surface area contributed by atoms with Crippen molar-refractivity contribution in [3.63, 3.8) is 0 Å². The molecule has 170 valence electrons. The van der Waals surface area contributed by atoms with Gasteiger partial charge in [0.25, 0.3) is 0 Å². The number of benzene rings is 1. The molecule has 31 heavy (non-hydrogen) atoms. The predicted octanol–water partition coefficient (Wildman–Crippen LogP) is 3.07. The fourth-order valence-electron chi connectivity index (χ4n) is 3.94. The Hall–Kier alpha value is -2.10. The lowest BCUT2D eigenvalue weighted by Crippen LogP contribution is -2.42. The summed E-state index contributed by atoms with van der Waals surface area (Å²) >= 11 is 0. The molecule has 2 heterocycles. The average molecular weight is 538 g/mol. The van der Waals surface area contributed by atoms with Crippen LogP contribution in [0.2, 0.25) is 0 Å². The quantitative estimate of drug-likeness (QED) is 0.323. The molecule has 2 N–H and O–H groups in total. The molecular weight excluding hydrogens is 503 g/mol. The van der Waals surface area contributed by atoms with Crippen LogP contribution in [0.25, 0.3) is 0 Å². The molecular formula is C23H35IN6O. The highest BCUT2D eigenvalue weighted by Gasteiger charge is 2.19. The highest BCUT2D eigenvalue weighted by atomic mass is 127. The number of carbonyl (C=O) groups is 1. The van der Waals surface area contributed by atoms with Crippen molar-refractivity contribution in [1.29, 1.82) is 0 Å². The summed E-state index contributed by atoms with van der Waals surface area (Å²) in [5.74, 6) is 1.05. The van der Waals surface area contributed by atoms with Crippen molar-refractivity contribution in [3.05, 3.63) is 52.3 Å². The number of rotatable bonds is 7. The van der Waals surface area contributed by atoms with Gasteiger partial charge in [-0.05, 0) is 50.3 Å². The van der Waals surface area contributed by atoms with Gasteiger partial charge in [-0.1, -0.05) is 24.3 Å². The summed E-state index contributed by atoms with van der Waals surface area (Å²) in [5.41, 5.74) is 5.94. The largest absolute Gasteiger partial charge is 0.354 e. The molecule has 0 bridgehead atoms. The zero-order chi connectivity index (χ0) is 21.7. The summed E-state index contributed by atoms with van der Waals surface area (Å²) in [6.07, 6.45) is 2.56. The fraction of sp³-hybridized carbons (Fsp3) is 0.522. The van der Waals surface area contributed by atoms with Crippen molar-refractivity contribution in [1.82, 2.24) is 25.3 Å². The summed E-state index contributed by atoms with van der Waals surface area (Å²) in [7, 11) is 3.78. The second kappa shape index (κ2) is 11.5. The predicted molar refractivity (Wildman–Crippen MR) is 136 cm³/mol. The maximum Gasteiger partial charge on any atom is 0.222 e. The first-order chi connectivity index (χ1) is 14.4. The van der Waals surface area contributed by atoms with Gasteiger partial charge in [0, 0.05) is 51.9 Å². The Morgan fingerprint density at radius 2 is 1.90 bits per heavy atom. The van der Waals surface area contributed by atoms with E-state index < -0.39 is 0 Å². The van der Waals surface area contributed by atoms with Gasteiger partial charge in [0.05, 0.1) is 5.69 Å². The molecule has 1 fully saturated rings. The highest BCUT2D eigenvalue weighted by molar-refractivity contribution is 14.0. The van der Waals surface area contributed by atoms with Gasteiger partial charge in [0.2, 0.25) is 5.91 Å². The third-order valence-corrected chi connectivity index (χ3v) is 5.80. The van der Waals surface area contributed by atoms with E-state index in [1.165, 1.54) is 22.4 Å². The molecule has 1 amide bonds.